The summed E-state index contributed by atoms with van der Waals surface area (Å²) in [5, 5.41) is 8.04. The van der Waals surface area contributed by atoms with Crippen LogP contribution in [-0.2, 0) is 6.42 Å². The molecule has 182 valence electrons. The first kappa shape index (κ1) is 21.0. The third kappa shape index (κ3) is 2.85. The van der Waals surface area contributed by atoms with E-state index in [1.54, 1.807) is 0 Å². The van der Waals surface area contributed by atoms with Crippen LogP contribution in [0, 0.1) is 5.92 Å². The smallest absolute Gasteiger partial charge is 0.0704 e. The zero-order valence-corrected chi connectivity index (χ0v) is 21.9. The summed E-state index contributed by atoms with van der Waals surface area (Å²) in [6.45, 7) is 0. The summed E-state index contributed by atoms with van der Waals surface area (Å²) in [5.74, 6) is 0.840. The largest absolute Gasteiger partial charge is 0.307 e. The lowest BCUT2D eigenvalue weighted by atomic mass is 9.97. The highest BCUT2D eigenvalue weighted by molar-refractivity contribution is 7.26. The van der Waals surface area contributed by atoms with Gasteiger partial charge in [0, 0.05) is 53.5 Å². The van der Waals surface area contributed by atoms with Gasteiger partial charge >= 0.3 is 0 Å². The van der Waals surface area contributed by atoms with Crippen molar-refractivity contribution >= 4 is 69.6 Å². The Morgan fingerprint density at radius 1 is 0.711 bits per heavy atom. The molecule has 0 spiro atoms. The van der Waals surface area contributed by atoms with Crippen molar-refractivity contribution in [2.24, 2.45) is 5.92 Å². The van der Waals surface area contributed by atoms with Gasteiger partial charge in [0.25, 0.3) is 0 Å². The van der Waals surface area contributed by atoms with Gasteiger partial charge in [-0.15, -0.1) is 11.3 Å². The normalized spacial score (nSPS) is 14.9. The maximum Gasteiger partial charge on any atom is 0.0704 e. The van der Waals surface area contributed by atoms with Gasteiger partial charge in [-0.2, -0.15) is 0 Å². The van der Waals surface area contributed by atoms with Crippen LogP contribution in [0.2, 0.25) is 0 Å². The average Bonchev–Trinajstić information content (AvgIpc) is 3.73. The Morgan fingerprint density at radius 3 is 2.45 bits per heavy atom. The zero-order valence-electron chi connectivity index (χ0n) is 21.1. The molecular weight excluding hydrogens is 480 g/mol. The summed E-state index contributed by atoms with van der Waals surface area (Å²) in [7, 11) is 0. The number of pyridine rings is 1. The van der Waals surface area contributed by atoms with Crippen LogP contribution >= 0.6 is 11.3 Å². The lowest BCUT2D eigenvalue weighted by Crippen LogP contribution is -1.99. The topological polar surface area (TPSA) is 17.3 Å². The lowest BCUT2D eigenvalue weighted by Gasteiger charge is -2.10. The predicted molar refractivity (Wildman–Crippen MR) is 163 cm³/mol. The first-order chi connectivity index (χ1) is 18.8. The molecule has 1 aliphatic rings. The second kappa shape index (κ2) is 7.78. The second-order valence-corrected chi connectivity index (χ2v) is 12.2. The standard InChI is InChI=1S/C35H26N2S/c1-2-7-21(6-1)18-22-16-17-36-29(19-22)23-12-14-30-28(20-23)25-10-5-9-24-26-13-15-32-33(35(26)37(30)34(24)25)27-8-3-4-11-31(27)38-32/h3-5,8-17,19-21H,1-2,6-7,18H2. The lowest BCUT2D eigenvalue weighted by molar-refractivity contribution is 0.546. The van der Waals surface area contributed by atoms with E-state index < -0.39 is 0 Å². The highest BCUT2D eigenvalue weighted by atomic mass is 32.1. The van der Waals surface area contributed by atoms with Gasteiger partial charge in [-0.3, -0.25) is 4.98 Å². The summed E-state index contributed by atoms with van der Waals surface area (Å²) >= 11 is 1.89. The molecule has 9 rings (SSSR count). The van der Waals surface area contributed by atoms with E-state index in [-0.39, 0.29) is 0 Å². The molecule has 0 atom stereocenters. The van der Waals surface area contributed by atoms with Gasteiger partial charge in [-0.1, -0.05) is 74.2 Å². The summed E-state index contributed by atoms with van der Waals surface area (Å²) in [6, 6.07) is 31.8. The molecule has 0 N–H and O–H groups in total. The number of nitrogens with zero attached hydrogens (tertiary/aromatic N) is 2. The maximum absolute atomic E-state index is 4.81. The molecule has 0 unspecified atom stereocenters. The molecule has 4 aromatic heterocycles. The predicted octanol–water partition coefficient (Wildman–Crippen LogP) is 10.00. The summed E-state index contributed by atoms with van der Waals surface area (Å²) in [5.41, 5.74) is 7.66. The third-order valence-electron chi connectivity index (χ3n) is 8.94. The Balaban J connectivity index is 1.31. The van der Waals surface area contributed by atoms with Crippen molar-refractivity contribution in [3.63, 3.8) is 0 Å². The Morgan fingerprint density at radius 2 is 1.53 bits per heavy atom. The Labute approximate surface area is 224 Å². The fraction of sp³-hybridized carbons (Fsp3) is 0.171. The highest BCUT2D eigenvalue weighted by Gasteiger charge is 2.21. The van der Waals surface area contributed by atoms with Gasteiger partial charge in [0.2, 0.25) is 0 Å². The summed E-state index contributed by atoms with van der Waals surface area (Å²) in [4.78, 5) is 4.81. The van der Waals surface area contributed by atoms with Crippen LogP contribution in [0.3, 0.4) is 0 Å². The third-order valence-corrected chi connectivity index (χ3v) is 10.1. The summed E-state index contributed by atoms with van der Waals surface area (Å²) < 4.78 is 5.24. The van der Waals surface area contributed by atoms with Crippen molar-refractivity contribution in [3.05, 3.63) is 96.7 Å². The van der Waals surface area contributed by atoms with Crippen molar-refractivity contribution < 1.29 is 0 Å². The van der Waals surface area contributed by atoms with E-state index in [9.17, 15) is 0 Å². The Bertz CT molecular complexity index is 2170. The van der Waals surface area contributed by atoms with Gasteiger partial charge < -0.3 is 4.40 Å². The molecule has 0 aliphatic heterocycles. The molecule has 1 fully saturated rings. The minimum Gasteiger partial charge on any atom is -0.307 e. The number of para-hydroxylation sites is 1. The number of aromatic nitrogens is 2. The first-order valence-corrected chi connectivity index (χ1v) is 14.6. The maximum atomic E-state index is 4.81. The van der Waals surface area contributed by atoms with Gasteiger partial charge in [-0.25, -0.2) is 0 Å². The molecular formula is C35H26N2S. The molecule has 8 aromatic rings. The number of benzene rings is 4. The number of rotatable bonds is 3. The summed E-state index contributed by atoms with van der Waals surface area (Å²) in [6.07, 6.45) is 8.72. The van der Waals surface area contributed by atoms with Crippen molar-refractivity contribution in [3.8, 4) is 11.3 Å². The van der Waals surface area contributed by atoms with Crippen LogP contribution in [0.1, 0.15) is 31.2 Å². The van der Waals surface area contributed by atoms with E-state index in [1.807, 2.05) is 17.5 Å². The first-order valence-electron chi connectivity index (χ1n) is 13.8. The number of hydrogen-bond donors (Lipinski definition) is 0. The molecule has 1 aliphatic carbocycles. The molecule has 0 radical (unpaired) electrons. The van der Waals surface area contributed by atoms with Gasteiger partial charge in [0.05, 0.1) is 22.2 Å². The second-order valence-electron chi connectivity index (χ2n) is 11.1. The molecule has 38 heavy (non-hydrogen) atoms. The highest BCUT2D eigenvalue weighted by Crippen LogP contribution is 2.45. The van der Waals surface area contributed by atoms with E-state index in [2.05, 4.69) is 89.3 Å². The van der Waals surface area contributed by atoms with E-state index in [0.717, 1.165) is 11.6 Å². The van der Waals surface area contributed by atoms with Crippen molar-refractivity contribution in [2.45, 2.75) is 32.1 Å². The molecule has 4 aromatic carbocycles. The van der Waals surface area contributed by atoms with E-state index >= 15 is 0 Å². The monoisotopic (exact) mass is 506 g/mol. The zero-order chi connectivity index (χ0) is 24.8. The van der Waals surface area contributed by atoms with Crippen molar-refractivity contribution in [1.82, 2.24) is 9.38 Å². The molecule has 2 nitrogen and oxygen atoms in total. The minimum absolute atomic E-state index is 0.840. The van der Waals surface area contributed by atoms with E-state index in [0.29, 0.717) is 0 Å². The number of thiophene rings is 1. The van der Waals surface area contributed by atoms with Gasteiger partial charge in [-0.05, 0) is 54.3 Å². The van der Waals surface area contributed by atoms with Crippen LogP contribution in [0.15, 0.2) is 91.1 Å². The molecule has 3 heteroatoms. The van der Waals surface area contributed by atoms with E-state index in [4.69, 9.17) is 4.98 Å². The fourth-order valence-corrected chi connectivity index (χ4v) is 8.34. The van der Waals surface area contributed by atoms with Crippen LogP contribution in [0.4, 0.5) is 0 Å². The Kier molecular flexibility index (Phi) is 4.31. The van der Waals surface area contributed by atoms with E-state index in [1.165, 1.54) is 101 Å². The fourth-order valence-electron chi connectivity index (χ4n) is 7.23. The van der Waals surface area contributed by atoms with Crippen molar-refractivity contribution in [1.29, 1.82) is 0 Å². The van der Waals surface area contributed by atoms with Crippen molar-refractivity contribution in [2.75, 3.05) is 0 Å². The number of fused-ring (bicyclic) bond motifs is 10. The molecule has 0 amide bonds. The quantitative estimate of drug-likeness (QED) is 0.233. The SMILES string of the molecule is c1ccc2c(c1)sc1ccc3c4cccc5c6cc(-c7cc(CC8CCCC8)ccn7)ccc6n(c54)c3c12. The van der Waals surface area contributed by atoms with Crippen LogP contribution in [-0.4, -0.2) is 9.38 Å². The van der Waals surface area contributed by atoms with Crippen LogP contribution in [0.5, 0.6) is 0 Å². The molecule has 0 bridgehead atoms. The van der Waals surface area contributed by atoms with Crippen LogP contribution < -0.4 is 0 Å². The average molecular weight is 507 g/mol. The minimum atomic E-state index is 0.840. The Hall–Kier alpha value is -3.95. The van der Waals surface area contributed by atoms with Gasteiger partial charge in [0.15, 0.2) is 0 Å². The molecule has 1 saturated carbocycles. The molecule has 0 saturated heterocycles. The van der Waals surface area contributed by atoms with Crippen LogP contribution in [0.25, 0.3) is 69.5 Å². The number of hydrogen-bond acceptors (Lipinski definition) is 2. The molecule has 4 heterocycles. The van der Waals surface area contributed by atoms with Gasteiger partial charge in [0.1, 0.15) is 0 Å².